The van der Waals surface area contributed by atoms with E-state index in [1.807, 2.05) is 27.7 Å². The number of ether oxygens (including phenoxy) is 1. The summed E-state index contributed by atoms with van der Waals surface area (Å²) < 4.78 is 141. The molecule has 1 N–H and O–H groups in total. The van der Waals surface area contributed by atoms with Gasteiger partial charge in [-0.3, -0.25) is 0 Å². The molecular weight excluding hydrogens is 598 g/mol. The molecule has 238 valence electrons. The molecule has 15 heteroatoms. The Morgan fingerprint density at radius 3 is 1.83 bits per heavy atom. The summed E-state index contributed by atoms with van der Waals surface area (Å²) >= 11 is 0. The highest BCUT2D eigenvalue weighted by atomic mass is 32.3. The Kier molecular flexibility index (Phi) is 12.6. The number of unbranched alkanes of at least 4 members (excludes halogenated alkanes) is 1. The lowest BCUT2D eigenvalue weighted by molar-refractivity contribution is -0.0441. The zero-order chi connectivity index (χ0) is 31.2. The molecule has 0 aromatic heterocycles. The first-order valence-electron chi connectivity index (χ1n) is 13.9. The highest BCUT2D eigenvalue weighted by Gasteiger charge is 2.50. The average molecular weight is 639 g/mol. The van der Waals surface area contributed by atoms with Gasteiger partial charge in [0, 0.05) is 13.1 Å². The minimum absolute atomic E-state index is 0.118. The normalized spacial score (nSPS) is 16.0. The molecule has 0 spiro atoms. The van der Waals surface area contributed by atoms with Gasteiger partial charge in [0.2, 0.25) is 0 Å². The third-order valence-electron chi connectivity index (χ3n) is 6.83. The van der Waals surface area contributed by atoms with Crippen molar-refractivity contribution in [3.05, 3.63) is 17.5 Å². The van der Waals surface area contributed by atoms with Crippen LogP contribution in [0.3, 0.4) is 0 Å². The molecule has 0 saturated carbocycles. The van der Waals surface area contributed by atoms with Crippen LogP contribution >= 0.6 is 0 Å². The van der Waals surface area contributed by atoms with Crippen LogP contribution in [0.4, 0.5) is 32.0 Å². The third-order valence-corrected chi connectivity index (χ3v) is 10.1. The fourth-order valence-corrected chi connectivity index (χ4v) is 7.26. The maximum atomic E-state index is 16.0. The van der Waals surface area contributed by atoms with E-state index in [1.165, 1.54) is 4.90 Å². The van der Waals surface area contributed by atoms with Crippen molar-refractivity contribution in [1.29, 1.82) is 0 Å². The number of halogens is 6. The molecule has 0 radical (unpaired) electrons. The summed E-state index contributed by atoms with van der Waals surface area (Å²) in [7, 11) is -12.6. The standard InChI is InChI=1S/C26H40F6N2O5S2/c1-17(2)11-6-7-13-19(14-10-12-18(3)4)39-24-22(29)23(34-15-8-5-9-16-34)20(27)21(28)25(24)40(35,36)33-41(37,38)26(30,31)32/h17-19,33H,5-16H2,1-4H3. The zero-order valence-electron chi connectivity index (χ0n) is 23.8. The number of piperidine rings is 1. The lowest BCUT2D eigenvalue weighted by Gasteiger charge is -2.31. The smallest absolute Gasteiger partial charge is 0.486 e. The van der Waals surface area contributed by atoms with E-state index in [-0.39, 0.29) is 31.8 Å². The van der Waals surface area contributed by atoms with Gasteiger partial charge in [-0.1, -0.05) is 51.1 Å². The number of nitrogens with one attached hydrogen (secondary N) is 1. The molecule has 41 heavy (non-hydrogen) atoms. The minimum atomic E-state index is -6.59. The Morgan fingerprint density at radius 2 is 1.29 bits per heavy atom. The number of hydrogen-bond donors (Lipinski definition) is 1. The molecule has 1 saturated heterocycles. The van der Waals surface area contributed by atoms with Crippen molar-refractivity contribution in [2.45, 2.75) is 108 Å². The van der Waals surface area contributed by atoms with E-state index in [4.69, 9.17) is 4.74 Å². The fourth-order valence-electron chi connectivity index (χ4n) is 4.69. The van der Waals surface area contributed by atoms with Crippen molar-refractivity contribution in [2.24, 2.45) is 11.8 Å². The number of hydrogen-bond acceptors (Lipinski definition) is 6. The molecule has 7 nitrogen and oxygen atoms in total. The van der Waals surface area contributed by atoms with Gasteiger partial charge >= 0.3 is 15.5 Å². The third kappa shape index (κ3) is 9.63. The molecule has 1 aliphatic heterocycles. The summed E-state index contributed by atoms with van der Waals surface area (Å²) in [5.41, 5.74) is -7.01. The van der Waals surface area contributed by atoms with E-state index in [0.717, 1.165) is 25.7 Å². The fraction of sp³-hybridized carbons (Fsp3) is 0.769. The second-order valence-electron chi connectivity index (χ2n) is 11.3. The van der Waals surface area contributed by atoms with E-state index in [9.17, 15) is 30.0 Å². The lowest BCUT2D eigenvalue weighted by atomic mass is 9.99. The summed E-state index contributed by atoms with van der Waals surface area (Å²) in [4.78, 5) is -0.784. The number of alkyl halides is 3. The molecular formula is C26H40F6N2O5S2. The Morgan fingerprint density at radius 1 is 0.780 bits per heavy atom. The molecule has 0 bridgehead atoms. The SMILES string of the molecule is CC(C)CCCCC(CCCC(C)C)Oc1c(F)c(N2CCCCC2)c(F)c(F)c1S(=O)(=O)NS(=O)(=O)C(F)(F)F. The molecule has 1 fully saturated rings. The predicted octanol–water partition coefficient (Wildman–Crippen LogP) is 7.01. The van der Waals surface area contributed by atoms with Crippen LogP contribution in [0.15, 0.2) is 4.90 Å². The number of sulfonamides is 2. The Labute approximate surface area is 239 Å². The molecule has 0 amide bonds. The summed E-state index contributed by atoms with van der Waals surface area (Å²) in [5, 5.41) is 0. The predicted molar refractivity (Wildman–Crippen MR) is 144 cm³/mol. The second kappa shape index (κ2) is 14.6. The maximum Gasteiger partial charge on any atom is 0.512 e. The Bertz CT molecular complexity index is 1230. The van der Waals surface area contributed by atoms with Gasteiger partial charge in [0.15, 0.2) is 28.1 Å². The highest BCUT2D eigenvalue weighted by Crippen LogP contribution is 2.41. The summed E-state index contributed by atoms with van der Waals surface area (Å²) in [6.07, 6.45) is 4.85. The van der Waals surface area contributed by atoms with Gasteiger partial charge in [0.25, 0.3) is 10.0 Å². The van der Waals surface area contributed by atoms with E-state index in [2.05, 4.69) is 0 Å². The first-order chi connectivity index (χ1) is 18.9. The Balaban J connectivity index is 2.66. The largest absolute Gasteiger partial charge is 0.512 e. The Hall–Kier alpha value is -1.74. The molecule has 1 aromatic rings. The molecule has 1 aromatic carbocycles. The van der Waals surface area contributed by atoms with Crippen LogP contribution < -0.4 is 13.8 Å². The van der Waals surface area contributed by atoms with Gasteiger partial charge in [0.1, 0.15) is 5.69 Å². The van der Waals surface area contributed by atoms with Crippen LogP contribution in [0, 0.1) is 29.3 Å². The summed E-state index contributed by atoms with van der Waals surface area (Å²) in [5.74, 6) is -6.47. The quantitative estimate of drug-likeness (QED) is 0.126. The minimum Gasteiger partial charge on any atom is -0.486 e. The monoisotopic (exact) mass is 638 g/mol. The van der Waals surface area contributed by atoms with Gasteiger partial charge in [-0.2, -0.15) is 13.2 Å². The van der Waals surface area contributed by atoms with Crippen LogP contribution in [0.5, 0.6) is 5.75 Å². The van der Waals surface area contributed by atoms with Crippen molar-refractivity contribution in [1.82, 2.24) is 4.13 Å². The molecule has 0 aliphatic carbocycles. The van der Waals surface area contributed by atoms with Crippen LogP contribution in [-0.4, -0.2) is 41.5 Å². The molecule has 1 aliphatic rings. The maximum absolute atomic E-state index is 16.0. The summed E-state index contributed by atoms with van der Waals surface area (Å²) in [6.45, 7) is 8.22. The topological polar surface area (TPSA) is 92.8 Å². The molecule has 1 unspecified atom stereocenters. The van der Waals surface area contributed by atoms with Crippen molar-refractivity contribution in [2.75, 3.05) is 18.0 Å². The number of benzene rings is 1. The van der Waals surface area contributed by atoms with Gasteiger partial charge in [-0.05, 0) is 56.8 Å². The van der Waals surface area contributed by atoms with Crippen LogP contribution in [0.25, 0.3) is 0 Å². The van der Waals surface area contributed by atoms with E-state index in [1.54, 1.807) is 0 Å². The van der Waals surface area contributed by atoms with Crippen molar-refractivity contribution >= 4 is 25.7 Å². The highest BCUT2D eigenvalue weighted by molar-refractivity contribution is 8.05. The van der Waals surface area contributed by atoms with E-state index in [0.29, 0.717) is 35.7 Å². The second-order valence-corrected chi connectivity index (χ2v) is 14.8. The van der Waals surface area contributed by atoms with Crippen molar-refractivity contribution < 1.29 is 47.9 Å². The van der Waals surface area contributed by atoms with Gasteiger partial charge in [-0.15, -0.1) is 0 Å². The van der Waals surface area contributed by atoms with Gasteiger partial charge in [-0.25, -0.2) is 30.0 Å². The summed E-state index contributed by atoms with van der Waals surface area (Å²) in [6, 6.07) is 0. The van der Waals surface area contributed by atoms with Crippen LogP contribution in [-0.2, 0) is 20.0 Å². The van der Waals surface area contributed by atoms with Gasteiger partial charge in [0.05, 0.1) is 6.10 Å². The molecule has 2 rings (SSSR count). The number of nitrogens with zero attached hydrogens (tertiary/aromatic N) is 1. The zero-order valence-corrected chi connectivity index (χ0v) is 25.4. The molecule has 1 atom stereocenters. The first-order valence-corrected chi connectivity index (χ1v) is 16.8. The van der Waals surface area contributed by atoms with E-state index >= 15 is 13.2 Å². The number of anilines is 1. The van der Waals surface area contributed by atoms with Crippen molar-refractivity contribution in [3.63, 3.8) is 0 Å². The van der Waals surface area contributed by atoms with Gasteiger partial charge < -0.3 is 9.64 Å². The van der Waals surface area contributed by atoms with Crippen molar-refractivity contribution in [3.8, 4) is 5.75 Å². The van der Waals surface area contributed by atoms with Crippen LogP contribution in [0.1, 0.15) is 91.9 Å². The van der Waals surface area contributed by atoms with Crippen LogP contribution in [0.2, 0.25) is 0 Å². The molecule has 1 heterocycles. The lowest BCUT2D eigenvalue weighted by Crippen LogP contribution is -2.41. The average Bonchev–Trinajstić information content (AvgIpc) is 2.83. The van der Waals surface area contributed by atoms with E-state index < -0.39 is 65.4 Å². The number of rotatable bonds is 15. The first kappa shape index (κ1) is 35.5.